The minimum atomic E-state index is 0.985. The van der Waals surface area contributed by atoms with E-state index < -0.39 is 0 Å². The Kier molecular flexibility index (Phi) is 10.8. The molecular formula is C18H31NS. The van der Waals surface area contributed by atoms with E-state index >= 15 is 0 Å². The summed E-state index contributed by atoms with van der Waals surface area (Å²) in [6.45, 7) is 6.45. The fourth-order valence-corrected chi connectivity index (χ4v) is 3.13. The molecule has 0 aliphatic heterocycles. The number of thioether (sulfide) groups is 1. The van der Waals surface area contributed by atoms with Gasteiger partial charge in [0.2, 0.25) is 0 Å². The van der Waals surface area contributed by atoms with Gasteiger partial charge >= 0.3 is 0 Å². The highest BCUT2D eigenvalue weighted by Gasteiger charge is 1.96. The first-order chi connectivity index (χ1) is 9.86. The number of nitrogens with one attached hydrogen (secondary N) is 1. The number of hydrogen-bond acceptors (Lipinski definition) is 2. The Balaban J connectivity index is 2.04. The van der Waals surface area contributed by atoms with Crippen LogP contribution in [0.25, 0.3) is 0 Å². The van der Waals surface area contributed by atoms with E-state index in [9.17, 15) is 0 Å². The molecule has 20 heavy (non-hydrogen) atoms. The maximum Gasteiger partial charge on any atom is 0.0205 e. The van der Waals surface area contributed by atoms with Crippen LogP contribution in [0, 0.1) is 0 Å². The summed E-state index contributed by atoms with van der Waals surface area (Å²) in [5, 5.41) is 3.36. The Labute approximate surface area is 129 Å². The van der Waals surface area contributed by atoms with Gasteiger partial charge in [0.1, 0.15) is 0 Å². The highest BCUT2D eigenvalue weighted by molar-refractivity contribution is 7.99. The predicted molar refractivity (Wildman–Crippen MR) is 92.5 cm³/mol. The fourth-order valence-electron chi connectivity index (χ4n) is 2.22. The molecule has 1 aromatic carbocycles. The van der Waals surface area contributed by atoms with Gasteiger partial charge < -0.3 is 5.32 Å². The molecule has 0 fully saturated rings. The minimum absolute atomic E-state index is 0.985. The second-order valence-electron chi connectivity index (χ2n) is 5.39. The molecule has 1 aromatic rings. The molecule has 0 bridgehead atoms. The summed E-state index contributed by atoms with van der Waals surface area (Å²) in [5.41, 5.74) is 1.38. The van der Waals surface area contributed by atoms with E-state index in [1.807, 2.05) is 11.8 Å². The Morgan fingerprint density at radius 1 is 0.850 bits per heavy atom. The summed E-state index contributed by atoms with van der Waals surface area (Å²) < 4.78 is 0. The summed E-state index contributed by atoms with van der Waals surface area (Å²) in [4.78, 5) is 1.41. The van der Waals surface area contributed by atoms with Gasteiger partial charge in [-0.05, 0) is 36.4 Å². The lowest BCUT2D eigenvalue weighted by Gasteiger charge is -2.05. The first kappa shape index (κ1) is 17.6. The Morgan fingerprint density at radius 3 is 2.15 bits per heavy atom. The third-order valence-corrected chi connectivity index (χ3v) is 4.62. The predicted octanol–water partition coefficient (Wildman–Crippen LogP) is 5.64. The maximum atomic E-state index is 3.36. The molecule has 0 amide bonds. The smallest absolute Gasteiger partial charge is 0.0205 e. The number of unbranched alkanes of at least 4 members (excludes halogenated alkanes) is 6. The third kappa shape index (κ3) is 8.65. The second-order valence-corrected chi connectivity index (χ2v) is 6.56. The summed E-state index contributed by atoms with van der Waals surface area (Å²) in [7, 11) is 0. The van der Waals surface area contributed by atoms with Crippen LogP contribution < -0.4 is 5.32 Å². The summed E-state index contributed by atoms with van der Waals surface area (Å²) in [6.07, 6.45) is 9.79. The van der Waals surface area contributed by atoms with E-state index in [4.69, 9.17) is 0 Å². The van der Waals surface area contributed by atoms with Crippen LogP contribution in [0.4, 0.5) is 0 Å². The zero-order valence-corrected chi connectivity index (χ0v) is 14.1. The van der Waals surface area contributed by atoms with E-state index in [0.717, 1.165) is 13.1 Å². The van der Waals surface area contributed by atoms with Gasteiger partial charge in [-0.1, -0.05) is 64.5 Å². The van der Waals surface area contributed by atoms with Crippen molar-refractivity contribution >= 4 is 11.8 Å². The molecule has 114 valence electrons. The first-order valence-electron chi connectivity index (χ1n) is 8.29. The van der Waals surface area contributed by atoms with Gasteiger partial charge in [-0.2, -0.15) is 0 Å². The lowest BCUT2D eigenvalue weighted by molar-refractivity contribution is 0.603. The van der Waals surface area contributed by atoms with Gasteiger partial charge in [0.25, 0.3) is 0 Å². The quantitative estimate of drug-likeness (QED) is 0.395. The van der Waals surface area contributed by atoms with Crippen molar-refractivity contribution in [3.8, 4) is 0 Å². The lowest BCUT2D eigenvalue weighted by Crippen LogP contribution is -2.11. The van der Waals surface area contributed by atoms with Crippen LogP contribution in [0.5, 0.6) is 0 Å². The van der Waals surface area contributed by atoms with Crippen LogP contribution in [-0.2, 0) is 6.54 Å². The van der Waals surface area contributed by atoms with E-state index in [-0.39, 0.29) is 0 Å². The van der Waals surface area contributed by atoms with Crippen molar-refractivity contribution in [1.29, 1.82) is 0 Å². The van der Waals surface area contributed by atoms with E-state index in [0.29, 0.717) is 0 Å². The van der Waals surface area contributed by atoms with Crippen LogP contribution in [0.1, 0.15) is 64.4 Å². The molecule has 1 N–H and O–H groups in total. The zero-order chi connectivity index (χ0) is 14.5. The number of hydrogen-bond donors (Lipinski definition) is 1. The Bertz CT molecular complexity index is 321. The van der Waals surface area contributed by atoms with Gasteiger partial charge in [-0.25, -0.2) is 0 Å². The third-order valence-electron chi connectivity index (χ3n) is 3.52. The van der Waals surface area contributed by atoms with E-state index in [2.05, 4.69) is 43.4 Å². The highest BCUT2D eigenvalue weighted by atomic mass is 32.2. The average molecular weight is 294 g/mol. The second kappa shape index (κ2) is 12.3. The summed E-state index contributed by atoms with van der Waals surface area (Å²) in [5.74, 6) is 1.26. The van der Waals surface area contributed by atoms with Crippen LogP contribution in [0.2, 0.25) is 0 Å². The molecule has 0 spiro atoms. The molecule has 2 heteroatoms. The molecule has 0 aliphatic rings. The minimum Gasteiger partial charge on any atom is -0.313 e. The normalized spacial score (nSPS) is 10.9. The molecule has 0 aliphatic carbocycles. The van der Waals surface area contributed by atoms with Crippen molar-refractivity contribution in [3.05, 3.63) is 29.8 Å². The zero-order valence-electron chi connectivity index (χ0n) is 13.3. The Morgan fingerprint density at radius 2 is 1.50 bits per heavy atom. The molecule has 0 aromatic heterocycles. The van der Waals surface area contributed by atoms with Gasteiger partial charge in [0, 0.05) is 11.4 Å². The Hall–Kier alpha value is -0.470. The fraction of sp³-hybridized carbons (Fsp3) is 0.667. The maximum absolute atomic E-state index is 3.36. The molecule has 1 nitrogen and oxygen atoms in total. The van der Waals surface area contributed by atoms with Crippen molar-refractivity contribution in [2.24, 2.45) is 0 Å². The van der Waals surface area contributed by atoms with Gasteiger partial charge in [-0.3, -0.25) is 0 Å². The molecule has 0 unspecified atom stereocenters. The molecule has 0 saturated carbocycles. The molecule has 0 saturated heterocycles. The molecule has 0 atom stereocenters. The van der Waals surface area contributed by atoms with Crippen LogP contribution in [0.3, 0.4) is 0 Å². The molecular weight excluding hydrogens is 262 g/mol. The summed E-state index contributed by atoms with van der Waals surface area (Å²) >= 11 is 2.00. The van der Waals surface area contributed by atoms with Gasteiger partial charge in [0.15, 0.2) is 0 Å². The highest BCUT2D eigenvalue weighted by Crippen LogP contribution is 2.20. The first-order valence-corrected chi connectivity index (χ1v) is 9.27. The standard InChI is InChI=1S/C18H31NS/c1-3-5-6-7-8-9-10-15-20-18-13-11-17(12-14-18)16-19-4-2/h11-14,19H,3-10,15-16H2,1-2H3. The average Bonchev–Trinajstić information content (AvgIpc) is 2.49. The van der Waals surface area contributed by atoms with Crippen molar-refractivity contribution < 1.29 is 0 Å². The summed E-state index contributed by atoms with van der Waals surface area (Å²) in [6, 6.07) is 9.02. The SMILES string of the molecule is CCCCCCCCCSc1ccc(CNCC)cc1. The molecule has 0 heterocycles. The van der Waals surface area contributed by atoms with Crippen LogP contribution >= 0.6 is 11.8 Å². The van der Waals surface area contributed by atoms with Crippen molar-refractivity contribution in [2.45, 2.75) is 70.2 Å². The van der Waals surface area contributed by atoms with Gasteiger partial charge in [-0.15, -0.1) is 11.8 Å². The number of benzene rings is 1. The van der Waals surface area contributed by atoms with Crippen LogP contribution in [-0.4, -0.2) is 12.3 Å². The number of rotatable bonds is 12. The van der Waals surface area contributed by atoms with Crippen LogP contribution in [0.15, 0.2) is 29.2 Å². The molecule has 0 radical (unpaired) electrons. The largest absolute Gasteiger partial charge is 0.313 e. The van der Waals surface area contributed by atoms with Crippen molar-refractivity contribution in [2.75, 3.05) is 12.3 Å². The van der Waals surface area contributed by atoms with E-state index in [1.165, 1.54) is 61.2 Å². The van der Waals surface area contributed by atoms with Crippen molar-refractivity contribution in [3.63, 3.8) is 0 Å². The topological polar surface area (TPSA) is 12.0 Å². The van der Waals surface area contributed by atoms with E-state index in [1.54, 1.807) is 0 Å². The monoisotopic (exact) mass is 293 g/mol. The molecule has 1 rings (SSSR count). The lowest BCUT2D eigenvalue weighted by atomic mass is 10.1. The van der Waals surface area contributed by atoms with Gasteiger partial charge in [0.05, 0.1) is 0 Å². The van der Waals surface area contributed by atoms with Crippen molar-refractivity contribution in [1.82, 2.24) is 5.32 Å².